The highest BCUT2D eigenvalue weighted by molar-refractivity contribution is 5.81. The van der Waals surface area contributed by atoms with Crippen molar-refractivity contribution in [3.05, 3.63) is 35.9 Å². The maximum Gasteiger partial charge on any atom is 0.331 e. The third-order valence-electron chi connectivity index (χ3n) is 4.72. The molecule has 28 heavy (non-hydrogen) atoms. The van der Waals surface area contributed by atoms with Crippen LogP contribution >= 0.6 is 0 Å². The number of hydrogen-bond donors (Lipinski definition) is 0. The molecule has 6 nitrogen and oxygen atoms in total. The molecular weight excluding hydrogens is 358 g/mol. The van der Waals surface area contributed by atoms with E-state index in [4.69, 9.17) is 4.74 Å². The molecule has 0 spiro atoms. The van der Waals surface area contributed by atoms with E-state index in [0.29, 0.717) is 25.7 Å². The fourth-order valence-electron chi connectivity index (χ4n) is 3.33. The smallest absolute Gasteiger partial charge is 0.331 e. The molecule has 0 aliphatic carbocycles. The number of carbonyl (C=O) groups is 3. The van der Waals surface area contributed by atoms with Crippen LogP contribution in [0.25, 0.3) is 0 Å². The number of nitrogens with zero attached hydrogens (tertiary/aromatic N) is 1. The van der Waals surface area contributed by atoms with Gasteiger partial charge in [0, 0.05) is 25.3 Å². The number of esters is 1. The van der Waals surface area contributed by atoms with E-state index < -0.39 is 12.2 Å². The summed E-state index contributed by atoms with van der Waals surface area (Å²) in [6, 6.07) is 9.48. The highest BCUT2D eigenvalue weighted by Gasteiger charge is 2.34. The molecule has 6 heteroatoms. The minimum atomic E-state index is -0.814. The molecule has 1 saturated heterocycles. The van der Waals surface area contributed by atoms with Gasteiger partial charge in [-0.2, -0.15) is 0 Å². The Morgan fingerprint density at radius 2 is 2.04 bits per heavy atom. The summed E-state index contributed by atoms with van der Waals surface area (Å²) in [5.74, 6) is 5.16. The average molecular weight is 385 g/mol. The highest BCUT2D eigenvalue weighted by atomic mass is 16.6. The molecule has 1 aliphatic rings. The van der Waals surface area contributed by atoms with E-state index in [9.17, 15) is 14.4 Å². The lowest BCUT2D eigenvalue weighted by Crippen LogP contribution is -2.51. The van der Waals surface area contributed by atoms with E-state index >= 15 is 0 Å². The van der Waals surface area contributed by atoms with E-state index in [-0.39, 0.29) is 24.3 Å². The van der Waals surface area contributed by atoms with Crippen molar-refractivity contribution in [2.24, 2.45) is 0 Å². The zero-order valence-electron chi connectivity index (χ0n) is 16.5. The molecule has 0 bridgehead atoms. The van der Waals surface area contributed by atoms with Gasteiger partial charge in [0.05, 0.1) is 7.11 Å². The van der Waals surface area contributed by atoms with E-state index in [1.165, 1.54) is 7.11 Å². The molecule has 0 radical (unpaired) electrons. The fourth-order valence-corrected chi connectivity index (χ4v) is 3.33. The maximum absolute atomic E-state index is 12.5. The van der Waals surface area contributed by atoms with Crippen molar-refractivity contribution in [3.63, 3.8) is 0 Å². The largest absolute Gasteiger partial charge is 0.467 e. The standard InChI is InChI=1S/C22H27NO5/c1-3-8-21(28-16-22(26)27-2)23-18(11-7-12-20(23)25)13-14-19(24)15-17-9-5-4-6-10-17/h4-6,9-10,18,21H,7,11-16H2,1-2H3. The Balaban J connectivity index is 2.00. The molecule has 1 aromatic rings. The molecule has 0 aromatic heterocycles. The van der Waals surface area contributed by atoms with Gasteiger partial charge in [-0.15, -0.1) is 5.92 Å². The lowest BCUT2D eigenvalue weighted by molar-refractivity contribution is -0.160. The number of Topliss-reactive ketones (excluding diaryl/α,β-unsaturated/α-hetero) is 1. The number of amides is 1. The van der Waals surface area contributed by atoms with E-state index in [0.717, 1.165) is 18.4 Å². The molecular formula is C22H27NO5. The maximum atomic E-state index is 12.5. The molecule has 2 atom stereocenters. The van der Waals surface area contributed by atoms with Crippen LogP contribution in [0.5, 0.6) is 0 Å². The summed E-state index contributed by atoms with van der Waals surface area (Å²) in [6.45, 7) is 1.38. The summed E-state index contributed by atoms with van der Waals surface area (Å²) in [7, 11) is 1.28. The zero-order chi connectivity index (χ0) is 20.4. The second kappa shape index (κ2) is 11.3. The molecule has 1 fully saturated rings. The molecule has 1 aliphatic heterocycles. The van der Waals surface area contributed by atoms with Crippen LogP contribution in [0.1, 0.15) is 44.6 Å². The van der Waals surface area contributed by atoms with Crippen LogP contribution in [0.4, 0.5) is 0 Å². The minimum Gasteiger partial charge on any atom is -0.467 e. The van der Waals surface area contributed by atoms with Crippen LogP contribution in [-0.4, -0.2) is 48.5 Å². The lowest BCUT2D eigenvalue weighted by Gasteiger charge is -2.38. The first-order valence-corrected chi connectivity index (χ1v) is 9.52. The number of hydrogen-bond acceptors (Lipinski definition) is 5. The van der Waals surface area contributed by atoms with E-state index in [2.05, 4.69) is 16.6 Å². The van der Waals surface area contributed by atoms with E-state index in [1.807, 2.05) is 30.3 Å². The van der Waals surface area contributed by atoms with Crippen molar-refractivity contribution < 1.29 is 23.9 Å². The second-order valence-electron chi connectivity index (χ2n) is 6.72. The lowest BCUT2D eigenvalue weighted by atomic mass is 9.95. The number of benzene rings is 1. The molecule has 1 aromatic carbocycles. The van der Waals surface area contributed by atoms with Gasteiger partial charge >= 0.3 is 5.97 Å². The summed E-state index contributed by atoms with van der Waals surface area (Å²) in [5.41, 5.74) is 0.986. The SMILES string of the molecule is CC#CC(OCC(=O)OC)N1C(=O)CCCC1CCC(=O)Cc1ccccc1. The summed E-state index contributed by atoms with van der Waals surface area (Å²) in [5, 5.41) is 0. The van der Waals surface area contributed by atoms with Gasteiger partial charge in [-0.3, -0.25) is 9.59 Å². The van der Waals surface area contributed by atoms with Gasteiger partial charge in [-0.25, -0.2) is 4.79 Å². The van der Waals surface area contributed by atoms with Crippen LogP contribution in [-0.2, 0) is 30.3 Å². The van der Waals surface area contributed by atoms with Gasteiger partial charge in [0.25, 0.3) is 0 Å². The van der Waals surface area contributed by atoms with Crippen molar-refractivity contribution in [2.75, 3.05) is 13.7 Å². The molecule has 2 rings (SSSR count). The Kier molecular flexibility index (Phi) is 8.70. The predicted octanol–water partition coefficient (Wildman–Crippen LogP) is 2.50. The number of carbonyl (C=O) groups excluding carboxylic acids is 3. The second-order valence-corrected chi connectivity index (χ2v) is 6.72. The number of methoxy groups -OCH3 is 1. The van der Waals surface area contributed by atoms with Crippen LogP contribution in [0.2, 0.25) is 0 Å². The molecule has 0 saturated carbocycles. The number of likely N-dealkylation sites (tertiary alicyclic amines) is 1. The van der Waals surface area contributed by atoms with Crippen LogP contribution in [0.15, 0.2) is 30.3 Å². The van der Waals surface area contributed by atoms with Gasteiger partial charge in [0.15, 0.2) is 6.23 Å². The van der Waals surface area contributed by atoms with Gasteiger partial charge in [-0.1, -0.05) is 30.3 Å². The van der Waals surface area contributed by atoms with Crippen molar-refractivity contribution in [3.8, 4) is 11.8 Å². The molecule has 0 N–H and O–H groups in total. The summed E-state index contributed by atoms with van der Waals surface area (Å²) in [4.78, 5) is 37.9. The Morgan fingerprint density at radius 3 is 2.71 bits per heavy atom. The summed E-state index contributed by atoms with van der Waals surface area (Å²) >= 11 is 0. The third-order valence-corrected chi connectivity index (χ3v) is 4.72. The summed E-state index contributed by atoms with van der Waals surface area (Å²) in [6.07, 6.45) is 2.49. The van der Waals surface area contributed by atoms with Crippen molar-refractivity contribution in [1.82, 2.24) is 4.90 Å². The van der Waals surface area contributed by atoms with Crippen molar-refractivity contribution in [1.29, 1.82) is 0 Å². The molecule has 1 heterocycles. The number of piperidine rings is 1. The average Bonchev–Trinajstić information content (AvgIpc) is 2.70. The predicted molar refractivity (Wildman–Crippen MR) is 104 cm³/mol. The van der Waals surface area contributed by atoms with Gasteiger partial charge < -0.3 is 14.4 Å². The first kappa shape index (κ1) is 21.6. The first-order valence-electron chi connectivity index (χ1n) is 9.52. The minimum absolute atomic E-state index is 0.0654. The summed E-state index contributed by atoms with van der Waals surface area (Å²) < 4.78 is 10.1. The van der Waals surface area contributed by atoms with Crippen molar-refractivity contribution >= 4 is 17.7 Å². The monoisotopic (exact) mass is 385 g/mol. The normalized spacial score (nSPS) is 17.4. The molecule has 150 valence electrons. The fraction of sp³-hybridized carbons (Fsp3) is 0.500. The zero-order valence-corrected chi connectivity index (χ0v) is 16.5. The van der Waals surface area contributed by atoms with Crippen LogP contribution in [0.3, 0.4) is 0 Å². The topological polar surface area (TPSA) is 72.9 Å². The van der Waals surface area contributed by atoms with Crippen molar-refractivity contribution in [2.45, 2.75) is 57.7 Å². The van der Waals surface area contributed by atoms with E-state index in [1.54, 1.807) is 11.8 Å². The third kappa shape index (κ3) is 6.50. The Bertz CT molecular complexity index is 734. The number of ether oxygens (including phenoxy) is 2. The van der Waals surface area contributed by atoms with Crippen LogP contribution in [0, 0.1) is 11.8 Å². The Labute approximate surface area is 166 Å². The molecule has 1 amide bonds. The quantitative estimate of drug-likeness (QED) is 0.482. The Hall–Kier alpha value is -2.65. The highest BCUT2D eigenvalue weighted by Crippen LogP contribution is 2.25. The first-order chi connectivity index (χ1) is 13.5. The van der Waals surface area contributed by atoms with Crippen LogP contribution < -0.4 is 0 Å². The Morgan fingerprint density at radius 1 is 1.29 bits per heavy atom. The number of ketones is 1. The van der Waals surface area contributed by atoms with Gasteiger partial charge in [-0.05, 0) is 37.7 Å². The van der Waals surface area contributed by atoms with Gasteiger partial charge in [0.2, 0.25) is 5.91 Å². The number of rotatable bonds is 9. The van der Waals surface area contributed by atoms with Gasteiger partial charge in [0.1, 0.15) is 12.4 Å². The molecule has 2 unspecified atom stereocenters.